The molecule has 0 atom stereocenters. The number of carbonyl (C=O) groups excluding carboxylic acids is 1. The minimum absolute atomic E-state index is 0.0490. The third-order valence-electron chi connectivity index (χ3n) is 1.98. The number of aryl methyl sites for hydroxylation is 1. The first kappa shape index (κ1) is 11.1. The van der Waals surface area contributed by atoms with Gasteiger partial charge in [0.25, 0.3) is 11.7 Å². The van der Waals surface area contributed by atoms with E-state index in [-0.39, 0.29) is 17.4 Å². The van der Waals surface area contributed by atoms with Gasteiger partial charge in [-0.3, -0.25) is 4.79 Å². The van der Waals surface area contributed by atoms with Crippen molar-refractivity contribution >= 4 is 17.3 Å². The number of nitrogens with zero attached hydrogens (tertiary/aromatic N) is 2. The molecule has 0 aliphatic carbocycles. The molecule has 2 rings (SSSR count). The first-order valence-electron chi connectivity index (χ1n) is 4.73. The number of nitrogens with one attached hydrogen (secondary N) is 1. The maximum absolute atomic E-state index is 12.9. The molecule has 6 nitrogen and oxygen atoms in total. The van der Waals surface area contributed by atoms with Crippen LogP contribution in [0.5, 0.6) is 0 Å². The lowest BCUT2D eigenvalue weighted by atomic mass is 10.2. The number of carbonyl (C=O) groups is 1. The van der Waals surface area contributed by atoms with E-state index in [2.05, 4.69) is 20.0 Å². The lowest BCUT2D eigenvalue weighted by molar-refractivity contribution is 0.101. The average molecular weight is 236 g/mol. The average Bonchev–Trinajstić information content (AvgIpc) is 2.70. The lowest BCUT2D eigenvalue weighted by Crippen LogP contribution is -2.14. The Morgan fingerprint density at radius 2 is 2.29 bits per heavy atom. The van der Waals surface area contributed by atoms with E-state index in [1.165, 1.54) is 12.1 Å². The quantitative estimate of drug-likeness (QED) is 0.767. The Labute approximate surface area is 95.6 Å². The van der Waals surface area contributed by atoms with Crippen LogP contribution in [0.15, 0.2) is 22.7 Å². The van der Waals surface area contributed by atoms with Crippen molar-refractivity contribution in [1.29, 1.82) is 0 Å². The van der Waals surface area contributed by atoms with E-state index in [0.29, 0.717) is 5.69 Å². The predicted octanol–water partition coefficient (Wildman–Crippen LogP) is 1.35. The number of anilines is 2. The number of amides is 1. The third-order valence-corrected chi connectivity index (χ3v) is 1.98. The minimum atomic E-state index is -0.548. The van der Waals surface area contributed by atoms with Crippen molar-refractivity contribution in [2.45, 2.75) is 6.92 Å². The SMILES string of the molecule is Cc1nc(C(=O)Nc2ccc(F)c(N)c2)no1. The van der Waals surface area contributed by atoms with E-state index >= 15 is 0 Å². The third kappa shape index (κ3) is 2.39. The Kier molecular flexibility index (Phi) is 2.73. The van der Waals surface area contributed by atoms with Crippen molar-refractivity contribution in [2.75, 3.05) is 11.1 Å². The fraction of sp³-hybridized carbons (Fsp3) is 0.100. The highest BCUT2D eigenvalue weighted by molar-refractivity contribution is 6.01. The Balaban J connectivity index is 2.15. The van der Waals surface area contributed by atoms with Crippen molar-refractivity contribution in [3.8, 4) is 0 Å². The molecule has 0 saturated carbocycles. The van der Waals surface area contributed by atoms with Gasteiger partial charge in [-0.05, 0) is 18.2 Å². The van der Waals surface area contributed by atoms with Gasteiger partial charge in [-0.2, -0.15) is 4.98 Å². The number of benzene rings is 1. The second-order valence-electron chi connectivity index (χ2n) is 3.33. The highest BCUT2D eigenvalue weighted by Gasteiger charge is 2.13. The normalized spacial score (nSPS) is 10.2. The molecule has 0 radical (unpaired) electrons. The maximum Gasteiger partial charge on any atom is 0.297 e. The molecule has 0 saturated heterocycles. The standard InChI is InChI=1S/C10H9FN4O2/c1-5-13-9(15-17-5)10(16)14-6-2-3-7(11)8(12)4-6/h2-4H,12H2,1H3,(H,14,16). The van der Waals surface area contributed by atoms with Crippen LogP contribution in [0.4, 0.5) is 15.8 Å². The molecule has 7 heteroatoms. The number of rotatable bonds is 2. The Hall–Kier alpha value is -2.44. The number of nitrogen functional groups attached to an aromatic ring is 1. The number of aromatic nitrogens is 2. The van der Waals surface area contributed by atoms with Crippen molar-refractivity contribution in [3.63, 3.8) is 0 Å². The monoisotopic (exact) mass is 236 g/mol. The molecule has 3 N–H and O–H groups in total. The van der Waals surface area contributed by atoms with Crippen molar-refractivity contribution in [3.05, 3.63) is 35.7 Å². The predicted molar refractivity (Wildman–Crippen MR) is 57.8 cm³/mol. The second-order valence-corrected chi connectivity index (χ2v) is 3.33. The van der Waals surface area contributed by atoms with E-state index in [4.69, 9.17) is 5.73 Å². The zero-order valence-corrected chi connectivity index (χ0v) is 8.90. The van der Waals surface area contributed by atoms with E-state index in [1.54, 1.807) is 6.92 Å². The van der Waals surface area contributed by atoms with Crippen LogP contribution in [-0.2, 0) is 0 Å². The van der Waals surface area contributed by atoms with Crippen LogP contribution in [0.3, 0.4) is 0 Å². The number of halogens is 1. The first-order valence-corrected chi connectivity index (χ1v) is 4.73. The lowest BCUT2D eigenvalue weighted by Gasteiger charge is -2.03. The molecule has 1 amide bonds. The summed E-state index contributed by atoms with van der Waals surface area (Å²) in [5.41, 5.74) is 5.67. The summed E-state index contributed by atoms with van der Waals surface area (Å²) in [6, 6.07) is 3.85. The molecular weight excluding hydrogens is 227 g/mol. The Morgan fingerprint density at radius 3 is 2.88 bits per heavy atom. The van der Waals surface area contributed by atoms with Gasteiger partial charge in [-0.25, -0.2) is 4.39 Å². The molecule has 1 aromatic carbocycles. The second kappa shape index (κ2) is 4.20. The molecule has 0 fully saturated rings. The van der Waals surface area contributed by atoms with Crippen LogP contribution >= 0.6 is 0 Å². The largest absolute Gasteiger partial charge is 0.396 e. The molecule has 1 aromatic heterocycles. The van der Waals surface area contributed by atoms with Gasteiger partial charge in [0.15, 0.2) is 0 Å². The topological polar surface area (TPSA) is 94.0 Å². The summed E-state index contributed by atoms with van der Waals surface area (Å²) in [6.07, 6.45) is 0. The first-order chi connectivity index (χ1) is 8.06. The summed E-state index contributed by atoms with van der Waals surface area (Å²) in [7, 11) is 0. The van der Waals surface area contributed by atoms with Gasteiger partial charge in [0.2, 0.25) is 5.89 Å². The summed E-state index contributed by atoms with van der Waals surface area (Å²) in [6.45, 7) is 1.57. The highest BCUT2D eigenvalue weighted by Crippen LogP contribution is 2.16. The molecule has 1 heterocycles. The summed E-state index contributed by atoms with van der Waals surface area (Å²) >= 11 is 0. The van der Waals surface area contributed by atoms with Crippen molar-refractivity contribution in [1.82, 2.24) is 10.1 Å². The molecule has 17 heavy (non-hydrogen) atoms. The van der Waals surface area contributed by atoms with Gasteiger partial charge in [0, 0.05) is 12.6 Å². The van der Waals surface area contributed by atoms with Crippen LogP contribution in [0.1, 0.15) is 16.5 Å². The summed E-state index contributed by atoms with van der Waals surface area (Å²) in [4.78, 5) is 15.3. The van der Waals surface area contributed by atoms with Crippen LogP contribution in [-0.4, -0.2) is 16.0 Å². The molecule has 0 bridgehead atoms. The fourth-order valence-electron chi connectivity index (χ4n) is 1.20. The minimum Gasteiger partial charge on any atom is -0.396 e. The van der Waals surface area contributed by atoms with Gasteiger partial charge < -0.3 is 15.6 Å². The zero-order chi connectivity index (χ0) is 12.4. The van der Waals surface area contributed by atoms with Gasteiger partial charge in [-0.1, -0.05) is 5.16 Å². The van der Waals surface area contributed by atoms with E-state index in [0.717, 1.165) is 6.07 Å². The van der Waals surface area contributed by atoms with Crippen LogP contribution in [0.2, 0.25) is 0 Å². The molecule has 0 aliphatic heterocycles. The molecule has 0 spiro atoms. The molecule has 2 aromatic rings. The van der Waals surface area contributed by atoms with Crippen LogP contribution in [0, 0.1) is 12.7 Å². The molecule has 88 valence electrons. The van der Waals surface area contributed by atoms with Gasteiger partial charge in [0.05, 0.1) is 5.69 Å². The molecule has 0 aliphatic rings. The van der Waals surface area contributed by atoms with Gasteiger partial charge in [0.1, 0.15) is 5.82 Å². The Bertz CT molecular complexity index is 567. The molecular formula is C10H9FN4O2. The van der Waals surface area contributed by atoms with Crippen molar-refractivity contribution < 1.29 is 13.7 Å². The van der Waals surface area contributed by atoms with Crippen molar-refractivity contribution in [2.24, 2.45) is 0 Å². The van der Waals surface area contributed by atoms with Crippen LogP contribution < -0.4 is 11.1 Å². The van der Waals surface area contributed by atoms with E-state index < -0.39 is 11.7 Å². The summed E-state index contributed by atoms with van der Waals surface area (Å²) in [5, 5.41) is 5.92. The summed E-state index contributed by atoms with van der Waals surface area (Å²) in [5.74, 6) is -0.898. The zero-order valence-electron chi connectivity index (χ0n) is 8.90. The summed E-state index contributed by atoms with van der Waals surface area (Å²) < 4.78 is 17.5. The van der Waals surface area contributed by atoms with Gasteiger partial charge in [-0.15, -0.1) is 0 Å². The number of hydrogen-bond acceptors (Lipinski definition) is 5. The smallest absolute Gasteiger partial charge is 0.297 e. The van der Waals surface area contributed by atoms with E-state index in [1.807, 2.05) is 0 Å². The fourth-order valence-corrected chi connectivity index (χ4v) is 1.20. The molecule has 0 unspecified atom stereocenters. The van der Waals surface area contributed by atoms with Gasteiger partial charge >= 0.3 is 0 Å². The van der Waals surface area contributed by atoms with Crippen LogP contribution in [0.25, 0.3) is 0 Å². The number of nitrogens with two attached hydrogens (primary N) is 1. The highest BCUT2D eigenvalue weighted by atomic mass is 19.1. The number of hydrogen-bond donors (Lipinski definition) is 2. The van der Waals surface area contributed by atoms with E-state index in [9.17, 15) is 9.18 Å². The Morgan fingerprint density at radius 1 is 1.53 bits per heavy atom. The maximum atomic E-state index is 12.9.